The predicted octanol–water partition coefficient (Wildman–Crippen LogP) is 1.27. The molecule has 1 heterocycles. The van der Waals surface area contributed by atoms with E-state index in [1.165, 1.54) is 16.2 Å². The van der Waals surface area contributed by atoms with Gasteiger partial charge in [-0.15, -0.1) is 17.9 Å². The van der Waals surface area contributed by atoms with Crippen molar-refractivity contribution in [1.29, 1.82) is 0 Å². The number of likely N-dealkylation sites (N-methyl/N-ethyl adjacent to an activating group) is 1. The van der Waals surface area contributed by atoms with Gasteiger partial charge in [0.1, 0.15) is 0 Å². The molecule has 1 rings (SSSR count). The maximum atomic E-state index is 12.1. The zero-order valence-corrected chi connectivity index (χ0v) is 15.5. The van der Waals surface area contributed by atoms with Crippen LogP contribution in [0, 0.1) is 0 Å². The number of thiazole rings is 1. The molecule has 0 spiro atoms. The number of carbonyl (C=O) groups is 3. The highest BCUT2D eigenvalue weighted by Gasteiger charge is 2.19. The predicted molar refractivity (Wildman–Crippen MR) is 96.6 cm³/mol. The van der Waals surface area contributed by atoms with Crippen molar-refractivity contribution in [2.24, 2.45) is 0 Å². The highest BCUT2D eigenvalue weighted by Crippen LogP contribution is 2.15. The molecule has 2 N–H and O–H groups in total. The zero-order valence-electron chi connectivity index (χ0n) is 14.7. The molecule has 0 aliphatic rings. The van der Waals surface area contributed by atoms with Gasteiger partial charge < -0.3 is 20.3 Å². The Morgan fingerprint density at radius 2 is 2.16 bits per heavy atom. The van der Waals surface area contributed by atoms with E-state index in [1.54, 1.807) is 18.4 Å². The number of amides is 2. The number of aromatic nitrogens is 1. The molecule has 0 unspecified atom stereocenters. The number of ether oxygens (including phenoxy) is 1. The third-order valence-corrected chi connectivity index (χ3v) is 3.76. The molecule has 0 aliphatic heterocycles. The van der Waals surface area contributed by atoms with E-state index in [-0.39, 0.29) is 24.2 Å². The van der Waals surface area contributed by atoms with Gasteiger partial charge in [0.15, 0.2) is 17.4 Å². The lowest BCUT2D eigenvalue weighted by Gasteiger charge is -2.20. The van der Waals surface area contributed by atoms with Gasteiger partial charge in [-0.25, -0.2) is 9.78 Å². The average molecular weight is 368 g/mol. The summed E-state index contributed by atoms with van der Waals surface area (Å²) in [7, 11) is 0. The van der Waals surface area contributed by atoms with Crippen molar-refractivity contribution in [3.8, 4) is 0 Å². The summed E-state index contributed by atoms with van der Waals surface area (Å²) in [6.45, 7) is 9.37. The van der Waals surface area contributed by atoms with Crippen molar-refractivity contribution in [2.75, 3.05) is 31.6 Å². The molecule has 25 heavy (non-hydrogen) atoms. The molecule has 2 amide bonds. The molecule has 0 fully saturated rings. The van der Waals surface area contributed by atoms with E-state index in [0.29, 0.717) is 18.2 Å². The maximum Gasteiger partial charge on any atom is 0.358 e. The third kappa shape index (κ3) is 7.34. The summed E-state index contributed by atoms with van der Waals surface area (Å²) in [5.74, 6) is -1.37. The van der Waals surface area contributed by atoms with Crippen LogP contribution in [0.4, 0.5) is 5.13 Å². The van der Waals surface area contributed by atoms with Gasteiger partial charge >= 0.3 is 5.97 Å². The minimum Gasteiger partial charge on any atom is -0.451 e. The van der Waals surface area contributed by atoms with E-state index in [1.807, 2.05) is 13.8 Å². The van der Waals surface area contributed by atoms with E-state index in [4.69, 9.17) is 4.74 Å². The molecule has 1 aromatic heterocycles. The normalized spacial score (nSPS) is 10.2. The molecule has 0 saturated heterocycles. The fourth-order valence-electron chi connectivity index (χ4n) is 1.82. The molecule has 138 valence electrons. The van der Waals surface area contributed by atoms with Gasteiger partial charge in [0.2, 0.25) is 5.91 Å². The lowest BCUT2D eigenvalue weighted by molar-refractivity contribution is -0.138. The SMILES string of the molecule is C=CCNc1nc(C(=O)OCC(=O)N(CC)CC(=O)NC(C)C)cs1. The van der Waals surface area contributed by atoms with E-state index in [0.717, 1.165) is 0 Å². The number of nitrogens with one attached hydrogen (secondary N) is 2. The monoisotopic (exact) mass is 368 g/mol. The fraction of sp³-hybridized carbons (Fsp3) is 0.500. The van der Waals surface area contributed by atoms with Crippen LogP contribution in [0.25, 0.3) is 0 Å². The number of rotatable bonds is 10. The van der Waals surface area contributed by atoms with Crippen LogP contribution in [0.2, 0.25) is 0 Å². The van der Waals surface area contributed by atoms with Crippen LogP contribution in [0.5, 0.6) is 0 Å². The largest absolute Gasteiger partial charge is 0.451 e. The topological polar surface area (TPSA) is 101 Å². The summed E-state index contributed by atoms with van der Waals surface area (Å²) in [6, 6.07) is -0.00676. The lowest BCUT2D eigenvalue weighted by Crippen LogP contribution is -2.44. The molecule has 0 atom stereocenters. The number of carbonyl (C=O) groups excluding carboxylic acids is 3. The first kappa shape index (κ1) is 20.6. The molecule has 9 heteroatoms. The van der Waals surface area contributed by atoms with E-state index in [9.17, 15) is 14.4 Å². The Bertz CT molecular complexity index is 615. The lowest BCUT2D eigenvalue weighted by atomic mass is 10.3. The van der Waals surface area contributed by atoms with Crippen LogP contribution in [0.15, 0.2) is 18.0 Å². The number of hydrogen-bond acceptors (Lipinski definition) is 7. The first-order chi connectivity index (χ1) is 11.9. The van der Waals surface area contributed by atoms with Crippen LogP contribution in [-0.4, -0.2) is 60.0 Å². The average Bonchev–Trinajstić information content (AvgIpc) is 3.03. The van der Waals surface area contributed by atoms with Gasteiger partial charge in [-0.3, -0.25) is 9.59 Å². The molecule has 0 bridgehead atoms. The summed E-state index contributed by atoms with van der Waals surface area (Å²) in [5.41, 5.74) is 0.130. The van der Waals surface area contributed by atoms with Crippen LogP contribution in [-0.2, 0) is 14.3 Å². The van der Waals surface area contributed by atoms with Gasteiger partial charge in [-0.05, 0) is 20.8 Å². The van der Waals surface area contributed by atoms with Crippen LogP contribution >= 0.6 is 11.3 Å². The molecule has 0 radical (unpaired) electrons. The quantitative estimate of drug-likeness (QED) is 0.476. The van der Waals surface area contributed by atoms with E-state index in [2.05, 4.69) is 22.2 Å². The summed E-state index contributed by atoms with van der Waals surface area (Å²) < 4.78 is 4.99. The molecule has 1 aromatic rings. The first-order valence-electron chi connectivity index (χ1n) is 7.91. The Morgan fingerprint density at radius 1 is 1.44 bits per heavy atom. The number of esters is 1. The number of anilines is 1. The zero-order chi connectivity index (χ0) is 18.8. The second-order valence-corrected chi connectivity index (χ2v) is 6.27. The van der Waals surface area contributed by atoms with Gasteiger partial charge in [0.05, 0.1) is 6.54 Å². The van der Waals surface area contributed by atoms with Crippen LogP contribution in [0.1, 0.15) is 31.3 Å². The number of hydrogen-bond donors (Lipinski definition) is 2. The summed E-state index contributed by atoms with van der Waals surface area (Å²) >= 11 is 1.26. The van der Waals surface area contributed by atoms with Crippen LogP contribution < -0.4 is 10.6 Å². The van der Waals surface area contributed by atoms with Crippen molar-refractivity contribution in [1.82, 2.24) is 15.2 Å². The second kappa shape index (κ2) is 10.4. The Labute approximate surface area is 151 Å². The van der Waals surface area contributed by atoms with Crippen molar-refractivity contribution in [3.05, 3.63) is 23.7 Å². The van der Waals surface area contributed by atoms with Gasteiger partial charge in [0, 0.05) is 24.5 Å². The first-order valence-corrected chi connectivity index (χ1v) is 8.79. The molecule has 0 aromatic carbocycles. The van der Waals surface area contributed by atoms with Gasteiger partial charge in [-0.1, -0.05) is 6.08 Å². The summed E-state index contributed by atoms with van der Waals surface area (Å²) in [4.78, 5) is 41.2. The Balaban J connectivity index is 2.50. The summed E-state index contributed by atoms with van der Waals surface area (Å²) in [6.07, 6.45) is 1.67. The third-order valence-electron chi connectivity index (χ3n) is 2.96. The second-order valence-electron chi connectivity index (χ2n) is 5.41. The Morgan fingerprint density at radius 3 is 2.76 bits per heavy atom. The molecule has 0 aliphatic carbocycles. The minimum absolute atomic E-state index is 0.00676. The van der Waals surface area contributed by atoms with Crippen molar-refractivity contribution < 1.29 is 19.1 Å². The van der Waals surface area contributed by atoms with Crippen molar-refractivity contribution >= 4 is 34.3 Å². The minimum atomic E-state index is -0.682. The van der Waals surface area contributed by atoms with E-state index >= 15 is 0 Å². The smallest absolute Gasteiger partial charge is 0.358 e. The molecule has 0 saturated carbocycles. The van der Waals surface area contributed by atoms with Crippen molar-refractivity contribution in [2.45, 2.75) is 26.8 Å². The highest BCUT2D eigenvalue weighted by molar-refractivity contribution is 7.13. The Kier molecular flexibility index (Phi) is 8.62. The van der Waals surface area contributed by atoms with Crippen molar-refractivity contribution in [3.63, 3.8) is 0 Å². The summed E-state index contributed by atoms with van der Waals surface area (Å²) in [5, 5.41) is 7.79. The molecular formula is C16H24N4O4S. The molecule has 8 nitrogen and oxygen atoms in total. The highest BCUT2D eigenvalue weighted by atomic mass is 32.1. The maximum absolute atomic E-state index is 12.1. The number of nitrogens with zero attached hydrogens (tertiary/aromatic N) is 2. The fourth-order valence-corrected chi connectivity index (χ4v) is 2.51. The van der Waals surface area contributed by atoms with Crippen LogP contribution in [0.3, 0.4) is 0 Å². The van der Waals surface area contributed by atoms with E-state index < -0.39 is 18.5 Å². The Hall–Kier alpha value is -2.42. The van der Waals surface area contributed by atoms with Gasteiger partial charge in [-0.2, -0.15) is 0 Å². The molecular weight excluding hydrogens is 344 g/mol. The van der Waals surface area contributed by atoms with Gasteiger partial charge in [0.25, 0.3) is 5.91 Å². The standard InChI is InChI=1S/C16H24N4O4S/c1-5-7-17-16-19-12(10-25-16)15(23)24-9-14(22)20(6-2)8-13(21)18-11(3)4/h5,10-11H,1,6-9H2,2-4H3,(H,17,19)(H,18,21).